The van der Waals surface area contributed by atoms with Crippen molar-refractivity contribution in [3.05, 3.63) is 41.1 Å². The van der Waals surface area contributed by atoms with Gasteiger partial charge in [0.05, 0.1) is 11.4 Å². The summed E-state index contributed by atoms with van der Waals surface area (Å²) in [4.78, 5) is 27.3. The van der Waals surface area contributed by atoms with Gasteiger partial charge < -0.3 is 20.3 Å². The van der Waals surface area contributed by atoms with Gasteiger partial charge >= 0.3 is 6.03 Å². The first-order chi connectivity index (χ1) is 16.1. The van der Waals surface area contributed by atoms with E-state index in [1.54, 1.807) is 11.8 Å². The highest BCUT2D eigenvalue weighted by molar-refractivity contribution is 5.94. The van der Waals surface area contributed by atoms with Gasteiger partial charge in [0.25, 0.3) is 0 Å². The van der Waals surface area contributed by atoms with Gasteiger partial charge in [-0.15, -0.1) is 0 Å². The molecule has 0 radical (unpaired) electrons. The number of anilines is 1. The number of hydrogen-bond acceptors (Lipinski definition) is 4. The Kier molecular flexibility index (Phi) is 10.1. The van der Waals surface area contributed by atoms with Gasteiger partial charge in [-0.25, -0.2) is 9.48 Å². The zero-order valence-corrected chi connectivity index (χ0v) is 21.8. The van der Waals surface area contributed by atoms with Gasteiger partial charge in [-0.3, -0.25) is 4.79 Å². The Morgan fingerprint density at radius 2 is 1.88 bits per heavy atom. The summed E-state index contributed by atoms with van der Waals surface area (Å²) in [6, 6.07) is 7.81. The fraction of sp³-hybridized carbons (Fsp3) is 0.577. The molecular weight excluding hydrogens is 430 g/mol. The molecule has 0 unspecified atom stereocenters. The number of aromatic nitrogens is 2. The average molecular weight is 472 g/mol. The first-order valence-corrected chi connectivity index (χ1v) is 12.1. The second-order valence-electron chi connectivity index (χ2n) is 9.77. The molecule has 0 saturated carbocycles. The van der Waals surface area contributed by atoms with Crippen molar-refractivity contribution in [2.45, 2.75) is 66.2 Å². The van der Waals surface area contributed by atoms with Crippen LogP contribution in [0, 0.1) is 13.8 Å². The number of unbranched alkanes of at least 4 members (excludes halogenated alkanes) is 1. The Morgan fingerprint density at radius 3 is 2.50 bits per heavy atom. The number of nitrogens with one attached hydrogen (secondary N) is 2. The lowest BCUT2D eigenvalue weighted by molar-refractivity contribution is -0.116. The monoisotopic (exact) mass is 471 g/mol. The van der Waals surface area contributed by atoms with E-state index in [-0.39, 0.29) is 23.9 Å². The van der Waals surface area contributed by atoms with Gasteiger partial charge in [-0.05, 0) is 38.3 Å². The van der Waals surface area contributed by atoms with Gasteiger partial charge in [-0.1, -0.05) is 51.8 Å². The molecule has 3 amide bonds. The molecule has 2 aromatic rings. The van der Waals surface area contributed by atoms with Crippen molar-refractivity contribution >= 4 is 17.8 Å². The molecule has 0 saturated heterocycles. The summed E-state index contributed by atoms with van der Waals surface area (Å²) in [5, 5.41) is 10.7. The Hall–Kier alpha value is -2.87. The van der Waals surface area contributed by atoms with Crippen LogP contribution in [0.1, 0.15) is 63.8 Å². The molecule has 2 N–H and O–H groups in total. The number of hydrogen-bond donors (Lipinski definition) is 2. The lowest BCUT2D eigenvalue weighted by Crippen LogP contribution is -2.45. The lowest BCUT2D eigenvalue weighted by Gasteiger charge is -2.22. The van der Waals surface area contributed by atoms with Crippen molar-refractivity contribution in [1.29, 1.82) is 0 Å². The van der Waals surface area contributed by atoms with E-state index in [1.165, 1.54) is 4.90 Å². The molecule has 2 rings (SSSR count). The largest absolute Gasteiger partial charge is 0.385 e. The first-order valence-electron chi connectivity index (χ1n) is 12.1. The highest BCUT2D eigenvalue weighted by Gasteiger charge is 2.23. The van der Waals surface area contributed by atoms with Gasteiger partial charge in [0.2, 0.25) is 5.91 Å². The molecule has 188 valence electrons. The number of carbonyl (C=O) groups is 2. The smallest absolute Gasteiger partial charge is 0.317 e. The predicted octanol–water partition coefficient (Wildman–Crippen LogP) is 4.57. The summed E-state index contributed by atoms with van der Waals surface area (Å²) >= 11 is 0. The van der Waals surface area contributed by atoms with E-state index >= 15 is 0 Å². The number of urea groups is 1. The molecule has 0 bridgehead atoms. The molecule has 1 heterocycles. The third-order valence-electron chi connectivity index (χ3n) is 5.53. The number of amides is 3. The van der Waals surface area contributed by atoms with Crippen molar-refractivity contribution < 1.29 is 14.3 Å². The molecule has 1 aromatic carbocycles. The molecule has 0 atom stereocenters. The fourth-order valence-electron chi connectivity index (χ4n) is 3.56. The molecule has 34 heavy (non-hydrogen) atoms. The Morgan fingerprint density at radius 1 is 1.15 bits per heavy atom. The summed E-state index contributed by atoms with van der Waals surface area (Å²) in [6.07, 6.45) is 2.54. The van der Waals surface area contributed by atoms with Crippen molar-refractivity contribution in [2.75, 3.05) is 38.7 Å². The van der Waals surface area contributed by atoms with Crippen molar-refractivity contribution in [3.63, 3.8) is 0 Å². The number of nitrogens with zero attached hydrogens (tertiary/aromatic N) is 3. The van der Waals surface area contributed by atoms with E-state index in [1.807, 2.05) is 32.0 Å². The first kappa shape index (κ1) is 27.4. The molecule has 1 aromatic heterocycles. The molecule has 0 aliphatic rings. The maximum Gasteiger partial charge on any atom is 0.317 e. The number of methoxy groups -OCH3 is 1. The van der Waals surface area contributed by atoms with Crippen LogP contribution in [0.25, 0.3) is 5.69 Å². The summed E-state index contributed by atoms with van der Waals surface area (Å²) in [6.45, 7) is 13.9. The zero-order chi connectivity index (χ0) is 25.3. The van der Waals surface area contributed by atoms with Crippen LogP contribution in [0.3, 0.4) is 0 Å². The summed E-state index contributed by atoms with van der Waals surface area (Å²) in [5.74, 6) is 0.319. The number of aryl methyl sites for hydroxylation is 2. The van der Waals surface area contributed by atoms with E-state index in [2.05, 4.69) is 44.4 Å². The minimum atomic E-state index is -0.269. The zero-order valence-electron chi connectivity index (χ0n) is 21.8. The maximum absolute atomic E-state index is 13.1. The number of rotatable bonds is 11. The molecule has 8 heteroatoms. The minimum absolute atomic E-state index is 0.0510. The van der Waals surface area contributed by atoms with Crippen LogP contribution in [-0.2, 0) is 14.9 Å². The topological polar surface area (TPSA) is 88.5 Å². The van der Waals surface area contributed by atoms with Gasteiger partial charge in [0.1, 0.15) is 12.4 Å². The van der Waals surface area contributed by atoms with Crippen LogP contribution < -0.4 is 10.6 Å². The standard InChI is InChI=1S/C26H41N5O3/c1-8-9-13-27-25(33)30(14-10-15-34-7)18-24(32)28-23-17-22(26(4,5)6)29-31(23)21-12-11-19(2)16-20(21)3/h11-12,16-17H,8-10,13-15,18H2,1-7H3,(H,27,33)(H,28,32). The summed E-state index contributed by atoms with van der Waals surface area (Å²) < 4.78 is 6.90. The predicted molar refractivity (Wildman–Crippen MR) is 137 cm³/mol. The third-order valence-corrected chi connectivity index (χ3v) is 5.53. The second-order valence-corrected chi connectivity index (χ2v) is 9.77. The minimum Gasteiger partial charge on any atom is -0.385 e. The molecule has 8 nitrogen and oxygen atoms in total. The SMILES string of the molecule is CCCCNC(=O)N(CCCOC)CC(=O)Nc1cc(C(C)(C)C)nn1-c1ccc(C)cc1C. The summed E-state index contributed by atoms with van der Waals surface area (Å²) in [5.41, 5.74) is 3.82. The van der Waals surface area contributed by atoms with Crippen LogP contribution in [-0.4, -0.2) is 60.0 Å². The van der Waals surface area contributed by atoms with Crippen LogP contribution in [0.2, 0.25) is 0 Å². The van der Waals surface area contributed by atoms with E-state index < -0.39 is 0 Å². The van der Waals surface area contributed by atoms with E-state index in [9.17, 15) is 9.59 Å². The molecule has 0 aliphatic carbocycles. The van der Waals surface area contributed by atoms with Gasteiger partial charge in [0, 0.05) is 38.3 Å². The van der Waals surface area contributed by atoms with Crippen LogP contribution >= 0.6 is 0 Å². The average Bonchev–Trinajstić information content (AvgIpc) is 3.17. The van der Waals surface area contributed by atoms with E-state index in [0.29, 0.717) is 31.9 Å². The Bertz CT molecular complexity index is 962. The van der Waals surface area contributed by atoms with Crippen molar-refractivity contribution in [2.24, 2.45) is 0 Å². The molecule has 0 spiro atoms. The van der Waals surface area contributed by atoms with Crippen molar-refractivity contribution in [3.8, 4) is 5.69 Å². The number of benzene rings is 1. The Balaban J connectivity index is 2.26. The highest BCUT2D eigenvalue weighted by Crippen LogP contribution is 2.27. The highest BCUT2D eigenvalue weighted by atomic mass is 16.5. The van der Waals surface area contributed by atoms with Crippen molar-refractivity contribution in [1.82, 2.24) is 20.0 Å². The molecule has 0 aliphatic heterocycles. The van der Waals surface area contributed by atoms with E-state index in [4.69, 9.17) is 9.84 Å². The maximum atomic E-state index is 13.1. The normalized spacial score (nSPS) is 11.4. The van der Waals surface area contributed by atoms with E-state index in [0.717, 1.165) is 35.3 Å². The fourth-order valence-corrected chi connectivity index (χ4v) is 3.56. The van der Waals surface area contributed by atoms with Gasteiger partial charge in [-0.2, -0.15) is 5.10 Å². The van der Waals surface area contributed by atoms with Crippen LogP contribution in [0.15, 0.2) is 24.3 Å². The second kappa shape index (κ2) is 12.6. The lowest BCUT2D eigenvalue weighted by atomic mass is 9.92. The quantitative estimate of drug-likeness (QED) is 0.470. The molecule has 0 fully saturated rings. The number of carbonyl (C=O) groups excluding carboxylic acids is 2. The van der Waals surface area contributed by atoms with Gasteiger partial charge in [0.15, 0.2) is 0 Å². The van der Waals surface area contributed by atoms with Crippen LogP contribution in [0.5, 0.6) is 0 Å². The summed E-state index contributed by atoms with van der Waals surface area (Å²) in [7, 11) is 1.62. The number of ether oxygens (including phenoxy) is 1. The molecular formula is C26H41N5O3. The third kappa shape index (κ3) is 7.87. The Labute approximate surface area is 204 Å². The van der Waals surface area contributed by atoms with Crippen LogP contribution in [0.4, 0.5) is 10.6 Å².